The van der Waals surface area contributed by atoms with Crippen LogP contribution in [0.2, 0.25) is 0 Å². The number of piperidine rings is 1. The number of nitrogens with zero attached hydrogens (tertiary/aromatic N) is 5. The average molecular weight is 243 g/mol. The van der Waals surface area contributed by atoms with Crippen molar-refractivity contribution in [2.75, 3.05) is 18.0 Å². The SMILES string of the molecule is Cc1nc(N2CCCCC2)c2ncnc(C)c2n1. The molecule has 2 aromatic rings. The van der Waals surface area contributed by atoms with Gasteiger partial charge in [0, 0.05) is 13.1 Å². The molecule has 0 N–H and O–H groups in total. The molecule has 2 aromatic heterocycles. The molecule has 1 aliphatic heterocycles. The Kier molecular flexibility index (Phi) is 2.81. The maximum absolute atomic E-state index is 4.59. The van der Waals surface area contributed by atoms with Crippen LogP contribution in [0, 0.1) is 13.8 Å². The minimum atomic E-state index is 0.793. The van der Waals surface area contributed by atoms with E-state index in [1.165, 1.54) is 19.3 Å². The monoisotopic (exact) mass is 243 g/mol. The zero-order chi connectivity index (χ0) is 12.5. The molecule has 0 spiro atoms. The highest BCUT2D eigenvalue weighted by atomic mass is 15.2. The van der Waals surface area contributed by atoms with Crippen LogP contribution in [0.3, 0.4) is 0 Å². The Morgan fingerprint density at radius 3 is 2.50 bits per heavy atom. The fraction of sp³-hybridized carbons (Fsp3) is 0.538. The van der Waals surface area contributed by atoms with Gasteiger partial charge in [0.15, 0.2) is 5.82 Å². The van der Waals surface area contributed by atoms with Gasteiger partial charge in [-0.25, -0.2) is 19.9 Å². The normalized spacial score (nSPS) is 16.2. The lowest BCUT2D eigenvalue weighted by Gasteiger charge is -2.28. The minimum absolute atomic E-state index is 0.793. The molecule has 0 bridgehead atoms. The second-order valence-corrected chi connectivity index (χ2v) is 4.80. The molecular weight excluding hydrogens is 226 g/mol. The third-order valence-electron chi connectivity index (χ3n) is 3.41. The van der Waals surface area contributed by atoms with Crippen LogP contribution in [-0.2, 0) is 0 Å². The van der Waals surface area contributed by atoms with Gasteiger partial charge in [-0.1, -0.05) is 0 Å². The summed E-state index contributed by atoms with van der Waals surface area (Å²) >= 11 is 0. The lowest BCUT2D eigenvalue weighted by molar-refractivity contribution is 0.573. The molecule has 3 heterocycles. The highest BCUT2D eigenvalue weighted by Gasteiger charge is 2.17. The smallest absolute Gasteiger partial charge is 0.159 e. The Labute approximate surface area is 106 Å². The number of aromatic nitrogens is 4. The summed E-state index contributed by atoms with van der Waals surface area (Å²) in [5.74, 6) is 1.77. The van der Waals surface area contributed by atoms with Crippen LogP contribution in [0.25, 0.3) is 11.0 Å². The largest absolute Gasteiger partial charge is 0.355 e. The molecule has 18 heavy (non-hydrogen) atoms. The Bertz CT molecular complexity index is 575. The first-order valence-corrected chi connectivity index (χ1v) is 6.46. The van der Waals surface area contributed by atoms with Crippen LogP contribution >= 0.6 is 0 Å². The number of hydrogen-bond acceptors (Lipinski definition) is 5. The van der Waals surface area contributed by atoms with Gasteiger partial charge in [-0.05, 0) is 33.1 Å². The minimum Gasteiger partial charge on any atom is -0.355 e. The molecule has 0 atom stereocenters. The molecule has 5 nitrogen and oxygen atoms in total. The van der Waals surface area contributed by atoms with Gasteiger partial charge in [0.1, 0.15) is 23.2 Å². The third kappa shape index (κ3) is 1.89. The summed E-state index contributed by atoms with van der Waals surface area (Å²) in [5.41, 5.74) is 2.68. The molecule has 1 fully saturated rings. The molecule has 0 saturated carbocycles. The number of rotatable bonds is 1. The van der Waals surface area contributed by atoms with Crippen LogP contribution in [0.15, 0.2) is 6.33 Å². The molecule has 5 heteroatoms. The van der Waals surface area contributed by atoms with Crippen molar-refractivity contribution in [3.05, 3.63) is 17.8 Å². The predicted octanol–water partition coefficient (Wildman–Crippen LogP) is 2.03. The quantitative estimate of drug-likeness (QED) is 0.767. The standard InChI is InChI=1S/C13H17N5/c1-9-11-12(15-8-14-9)13(17-10(2)16-11)18-6-4-3-5-7-18/h8H,3-7H2,1-2H3. The van der Waals surface area contributed by atoms with Gasteiger partial charge in [0.25, 0.3) is 0 Å². The van der Waals surface area contributed by atoms with Gasteiger partial charge in [0.05, 0.1) is 5.69 Å². The van der Waals surface area contributed by atoms with E-state index < -0.39 is 0 Å². The van der Waals surface area contributed by atoms with E-state index in [4.69, 9.17) is 0 Å². The summed E-state index contributed by atoms with van der Waals surface area (Å²) in [6, 6.07) is 0. The van der Waals surface area contributed by atoms with Gasteiger partial charge >= 0.3 is 0 Å². The van der Waals surface area contributed by atoms with E-state index in [-0.39, 0.29) is 0 Å². The van der Waals surface area contributed by atoms with E-state index in [1.807, 2.05) is 13.8 Å². The molecular formula is C13H17N5. The number of aryl methyl sites for hydroxylation is 2. The Balaban J connectivity index is 2.18. The van der Waals surface area contributed by atoms with E-state index in [1.54, 1.807) is 6.33 Å². The van der Waals surface area contributed by atoms with Crippen LogP contribution in [-0.4, -0.2) is 33.0 Å². The van der Waals surface area contributed by atoms with E-state index in [0.717, 1.165) is 41.5 Å². The van der Waals surface area contributed by atoms with Gasteiger partial charge in [-0.3, -0.25) is 0 Å². The maximum atomic E-state index is 4.59. The Morgan fingerprint density at radius 2 is 1.72 bits per heavy atom. The number of hydrogen-bond donors (Lipinski definition) is 0. The van der Waals surface area contributed by atoms with Crippen molar-refractivity contribution in [1.29, 1.82) is 0 Å². The fourth-order valence-electron chi connectivity index (χ4n) is 2.48. The van der Waals surface area contributed by atoms with E-state index in [0.29, 0.717) is 0 Å². The Hall–Kier alpha value is -1.78. The van der Waals surface area contributed by atoms with Gasteiger partial charge in [-0.15, -0.1) is 0 Å². The van der Waals surface area contributed by atoms with Crippen molar-refractivity contribution >= 4 is 16.9 Å². The zero-order valence-corrected chi connectivity index (χ0v) is 10.8. The fourth-order valence-corrected chi connectivity index (χ4v) is 2.48. The molecule has 0 unspecified atom stereocenters. The first-order chi connectivity index (χ1) is 8.75. The predicted molar refractivity (Wildman–Crippen MR) is 70.7 cm³/mol. The van der Waals surface area contributed by atoms with Gasteiger partial charge in [-0.2, -0.15) is 0 Å². The lowest BCUT2D eigenvalue weighted by Crippen LogP contribution is -2.30. The summed E-state index contributed by atoms with van der Waals surface area (Å²) in [6.07, 6.45) is 5.37. The van der Waals surface area contributed by atoms with Crippen molar-refractivity contribution < 1.29 is 0 Å². The van der Waals surface area contributed by atoms with E-state index >= 15 is 0 Å². The van der Waals surface area contributed by atoms with Crippen LogP contribution in [0.1, 0.15) is 30.8 Å². The molecule has 0 radical (unpaired) electrons. The van der Waals surface area contributed by atoms with Crippen molar-refractivity contribution in [3.63, 3.8) is 0 Å². The summed E-state index contributed by atoms with van der Waals surface area (Å²) in [4.78, 5) is 20.0. The summed E-state index contributed by atoms with van der Waals surface area (Å²) in [5, 5.41) is 0. The van der Waals surface area contributed by atoms with Gasteiger partial charge < -0.3 is 4.90 Å². The molecule has 0 aliphatic carbocycles. The van der Waals surface area contributed by atoms with Crippen molar-refractivity contribution in [2.45, 2.75) is 33.1 Å². The first kappa shape index (κ1) is 11.3. The summed E-state index contributed by atoms with van der Waals surface area (Å²) < 4.78 is 0. The Morgan fingerprint density at radius 1 is 0.944 bits per heavy atom. The van der Waals surface area contributed by atoms with Crippen LogP contribution in [0.5, 0.6) is 0 Å². The highest BCUT2D eigenvalue weighted by molar-refractivity contribution is 5.86. The lowest BCUT2D eigenvalue weighted by atomic mass is 10.1. The maximum Gasteiger partial charge on any atom is 0.159 e. The second-order valence-electron chi connectivity index (χ2n) is 4.80. The average Bonchev–Trinajstić information content (AvgIpc) is 2.40. The third-order valence-corrected chi connectivity index (χ3v) is 3.41. The van der Waals surface area contributed by atoms with Crippen molar-refractivity contribution in [2.24, 2.45) is 0 Å². The van der Waals surface area contributed by atoms with Crippen molar-refractivity contribution in [1.82, 2.24) is 19.9 Å². The molecule has 0 amide bonds. The molecule has 94 valence electrons. The topological polar surface area (TPSA) is 54.8 Å². The first-order valence-electron chi connectivity index (χ1n) is 6.46. The second kappa shape index (κ2) is 4.48. The van der Waals surface area contributed by atoms with E-state index in [9.17, 15) is 0 Å². The summed E-state index contributed by atoms with van der Waals surface area (Å²) in [6.45, 7) is 6.03. The van der Waals surface area contributed by atoms with Gasteiger partial charge in [0.2, 0.25) is 0 Å². The zero-order valence-electron chi connectivity index (χ0n) is 10.8. The summed E-state index contributed by atoms with van der Waals surface area (Å²) in [7, 11) is 0. The highest BCUT2D eigenvalue weighted by Crippen LogP contribution is 2.25. The molecule has 1 aliphatic rings. The van der Waals surface area contributed by atoms with Crippen LogP contribution in [0.4, 0.5) is 5.82 Å². The number of anilines is 1. The molecule has 3 rings (SSSR count). The van der Waals surface area contributed by atoms with E-state index in [2.05, 4.69) is 24.8 Å². The molecule has 1 saturated heterocycles. The number of fused-ring (bicyclic) bond motifs is 1. The van der Waals surface area contributed by atoms with Crippen molar-refractivity contribution in [3.8, 4) is 0 Å². The molecule has 0 aromatic carbocycles. The van der Waals surface area contributed by atoms with Crippen LogP contribution < -0.4 is 4.90 Å².